The number of halogens is 1. The van der Waals surface area contributed by atoms with E-state index in [4.69, 9.17) is 4.74 Å². The fourth-order valence-electron chi connectivity index (χ4n) is 2.46. The Kier molecular flexibility index (Phi) is 6.42. The van der Waals surface area contributed by atoms with Crippen LogP contribution >= 0.6 is 0 Å². The van der Waals surface area contributed by atoms with Gasteiger partial charge in [0, 0.05) is 44.8 Å². The Morgan fingerprint density at radius 1 is 1.24 bits per heavy atom. The molecule has 0 unspecified atom stereocenters. The Bertz CT molecular complexity index is 434. The van der Waals surface area contributed by atoms with Gasteiger partial charge in [0.25, 0.3) is 0 Å². The van der Waals surface area contributed by atoms with Gasteiger partial charge in [-0.1, -0.05) is 19.1 Å². The van der Waals surface area contributed by atoms with Crippen molar-refractivity contribution >= 4 is 0 Å². The van der Waals surface area contributed by atoms with E-state index in [0.29, 0.717) is 18.9 Å². The van der Waals surface area contributed by atoms with Crippen LogP contribution < -0.4 is 10.1 Å². The minimum atomic E-state index is -0.274. The summed E-state index contributed by atoms with van der Waals surface area (Å²) >= 11 is 0. The molecule has 0 amide bonds. The van der Waals surface area contributed by atoms with E-state index >= 15 is 0 Å². The van der Waals surface area contributed by atoms with Gasteiger partial charge in [-0.25, -0.2) is 4.39 Å². The normalized spacial score (nSPS) is 17.1. The zero-order chi connectivity index (χ0) is 15.1. The summed E-state index contributed by atoms with van der Waals surface area (Å²) in [5.41, 5.74) is 0.884. The minimum absolute atomic E-state index is 0.274. The highest BCUT2D eigenvalue weighted by Gasteiger charge is 2.14. The number of hydrogen-bond acceptors (Lipinski definition) is 4. The highest BCUT2D eigenvalue weighted by Crippen LogP contribution is 2.22. The van der Waals surface area contributed by atoms with Crippen molar-refractivity contribution in [2.75, 3.05) is 52.9 Å². The standard InChI is InChI=1S/C16H26FN3O/c1-3-18-13-14-5-4-6-15(17)16(14)21-12-11-20-9-7-19(2)8-10-20/h4-6,18H,3,7-13H2,1-2H3. The Labute approximate surface area is 126 Å². The lowest BCUT2D eigenvalue weighted by molar-refractivity contribution is 0.132. The predicted octanol–water partition coefficient (Wildman–Crippen LogP) is 1.56. The molecule has 1 fully saturated rings. The van der Waals surface area contributed by atoms with Gasteiger partial charge in [-0.15, -0.1) is 0 Å². The van der Waals surface area contributed by atoms with Crippen molar-refractivity contribution in [1.82, 2.24) is 15.1 Å². The van der Waals surface area contributed by atoms with E-state index < -0.39 is 0 Å². The van der Waals surface area contributed by atoms with Gasteiger partial charge < -0.3 is 15.0 Å². The van der Waals surface area contributed by atoms with Gasteiger partial charge in [0.1, 0.15) is 6.61 Å². The zero-order valence-electron chi connectivity index (χ0n) is 13.1. The van der Waals surface area contributed by atoms with E-state index in [1.54, 1.807) is 6.07 Å². The number of nitrogens with one attached hydrogen (secondary N) is 1. The monoisotopic (exact) mass is 295 g/mol. The summed E-state index contributed by atoms with van der Waals surface area (Å²) in [7, 11) is 2.14. The molecule has 1 saturated heterocycles. The van der Waals surface area contributed by atoms with E-state index in [1.807, 2.05) is 13.0 Å². The van der Waals surface area contributed by atoms with Crippen LogP contribution in [0.4, 0.5) is 4.39 Å². The maximum atomic E-state index is 13.9. The Morgan fingerprint density at radius 3 is 2.71 bits per heavy atom. The molecule has 0 aromatic heterocycles. The molecule has 1 N–H and O–H groups in total. The second-order valence-electron chi connectivity index (χ2n) is 5.50. The number of para-hydroxylation sites is 1. The van der Waals surface area contributed by atoms with Gasteiger partial charge in [-0.05, 0) is 19.7 Å². The minimum Gasteiger partial charge on any atom is -0.489 e. The van der Waals surface area contributed by atoms with E-state index in [0.717, 1.165) is 44.8 Å². The van der Waals surface area contributed by atoms with Crippen LogP contribution in [0.2, 0.25) is 0 Å². The third-order valence-corrected chi connectivity index (χ3v) is 3.86. The van der Waals surface area contributed by atoms with Crippen molar-refractivity contribution in [2.45, 2.75) is 13.5 Å². The first kappa shape index (κ1) is 16.2. The molecule has 0 aliphatic carbocycles. The molecule has 2 rings (SSSR count). The van der Waals surface area contributed by atoms with Crippen LogP contribution in [0.15, 0.2) is 18.2 Å². The van der Waals surface area contributed by atoms with Gasteiger partial charge in [0.15, 0.2) is 11.6 Å². The highest BCUT2D eigenvalue weighted by molar-refractivity contribution is 5.34. The molecule has 0 saturated carbocycles. The van der Waals surface area contributed by atoms with Gasteiger partial charge in [-0.2, -0.15) is 0 Å². The van der Waals surface area contributed by atoms with Crippen LogP contribution in [-0.2, 0) is 6.54 Å². The number of rotatable bonds is 7. The van der Waals surface area contributed by atoms with Crippen molar-refractivity contribution < 1.29 is 9.13 Å². The first-order valence-electron chi connectivity index (χ1n) is 7.72. The average Bonchev–Trinajstić information content (AvgIpc) is 2.49. The summed E-state index contributed by atoms with van der Waals surface area (Å²) in [6.45, 7) is 9.20. The Balaban J connectivity index is 1.84. The largest absolute Gasteiger partial charge is 0.489 e. The fourth-order valence-corrected chi connectivity index (χ4v) is 2.46. The third-order valence-electron chi connectivity index (χ3n) is 3.86. The molecule has 5 heteroatoms. The van der Waals surface area contributed by atoms with Gasteiger partial charge in [0.2, 0.25) is 0 Å². The number of hydrogen-bond donors (Lipinski definition) is 1. The average molecular weight is 295 g/mol. The molecule has 0 radical (unpaired) electrons. The smallest absolute Gasteiger partial charge is 0.165 e. The molecule has 1 aliphatic rings. The summed E-state index contributed by atoms with van der Waals surface area (Å²) in [6, 6.07) is 5.10. The van der Waals surface area contributed by atoms with Gasteiger partial charge >= 0.3 is 0 Å². The molecule has 0 spiro atoms. The van der Waals surface area contributed by atoms with Crippen LogP contribution in [0.25, 0.3) is 0 Å². The van der Waals surface area contributed by atoms with Crippen molar-refractivity contribution in [3.8, 4) is 5.75 Å². The second-order valence-corrected chi connectivity index (χ2v) is 5.50. The maximum Gasteiger partial charge on any atom is 0.165 e. The molecule has 0 bridgehead atoms. The third kappa shape index (κ3) is 4.95. The number of ether oxygens (including phenoxy) is 1. The van der Waals surface area contributed by atoms with Crippen LogP contribution in [0.5, 0.6) is 5.75 Å². The molecule has 21 heavy (non-hydrogen) atoms. The highest BCUT2D eigenvalue weighted by atomic mass is 19.1. The number of likely N-dealkylation sites (N-methyl/N-ethyl adjacent to an activating group) is 1. The molecule has 0 atom stereocenters. The molecular formula is C16H26FN3O. The Morgan fingerprint density at radius 2 is 2.00 bits per heavy atom. The molecule has 4 nitrogen and oxygen atoms in total. The van der Waals surface area contributed by atoms with Crippen LogP contribution in [-0.4, -0.2) is 62.7 Å². The second kappa shape index (κ2) is 8.32. The van der Waals surface area contributed by atoms with E-state index in [-0.39, 0.29) is 5.82 Å². The number of benzene rings is 1. The summed E-state index contributed by atoms with van der Waals surface area (Å²) in [5.74, 6) is 0.122. The van der Waals surface area contributed by atoms with Crippen LogP contribution in [0, 0.1) is 5.82 Å². The zero-order valence-corrected chi connectivity index (χ0v) is 13.1. The molecule has 1 aliphatic heterocycles. The summed E-state index contributed by atoms with van der Waals surface area (Å²) in [6.07, 6.45) is 0. The first-order chi connectivity index (χ1) is 10.2. The van der Waals surface area contributed by atoms with Crippen LogP contribution in [0.3, 0.4) is 0 Å². The summed E-state index contributed by atoms with van der Waals surface area (Å²) in [5, 5.41) is 3.21. The summed E-state index contributed by atoms with van der Waals surface area (Å²) in [4.78, 5) is 4.69. The summed E-state index contributed by atoms with van der Waals surface area (Å²) < 4.78 is 19.6. The molecular weight excluding hydrogens is 269 g/mol. The quantitative estimate of drug-likeness (QED) is 0.826. The lowest BCUT2D eigenvalue weighted by Gasteiger charge is -2.32. The van der Waals surface area contributed by atoms with Crippen LogP contribution in [0.1, 0.15) is 12.5 Å². The van der Waals surface area contributed by atoms with E-state index in [9.17, 15) is 4.39 Å². The topological polar surface area (TPSA) is 27.7 Å². The molecule has 118 valence electrons. The molecule has 1 heterocycles. The Hall–Kier alpha value is -1.17. The predicted molar refractivity (Wildman–Crippen MR) is 83.2 cm³/mol. The van der Waals surface area contributed by atoms with Crippen molar-refractivity contribution in [1.29, 1.82) is 0 Å². The lowest BCUT2D eigenvalue weighted by atomic mass is 10.2. The van der Waals surface area contributed by atoms with Crippen molar-refractivity contribution in [3.63, 3.8) is 0 Å². The fraction of sp³-hybridized carbons (Fsp3) is 0.625. The van der Waals surface area contributed by atoms with E-state index in [1.165, 1.54) is 6.07 Å². The lowest BCUT2D eigenvalue weighted by Crippen LogP contribution is -2.45. The molecule has 1 aromatic carbocycles. The van der Waals surface area contributed by atoms with Crippen molar-refractivity contribution in [3.05, 3.63) is 29.6 Å². The van der Waals surface area contributed by atoms with Gasteiger partial charge in [0.05, 0.1) is 0 Å². The van der Waals surface area contributed by atoms with E-state index in [2.05, 4.69) is 22.2 Å². The van der Waals surface area contributed by atoms with Crippen molar-refractivity contribution in [2.24, 2.45) is 0 Å². The first-order valence-corrected chi connectivity index (χ1v) is 7.72. The maximum absolute atomic E-state index is 13.9. The van der Waals surface area contributed by atoms with Gasteiger partial charge in [-0.3, -0.25) is 4.90 Å². The number of piperazine rings is 1. The SMILES string of the molecule is CCNCc1cccc(F)c1OCCN1CCN(C)CC1. The number of nitrogens with zero attached hydrogens (tertiary/aromatic N) is 2. The molecule has 1 aromatic rings.